The monoisotopic (exact) mass is 478 g/mol. The van der Waals surface area contributed by atoms with Crippen LogP contribution in [0.25, 0.3) is 0 Å². The molecule has 0 spiro atoms. The zero-order valence-electron chi connectivity index (χ0n) is 16.1. The van der Waals surface area contributed by atoms with Gasteiger partial charge in [0.15, 0.2) is 4.91 Å². The van der Waals surface area contributed by atoms with Crippen molar-refractivity contribution in [3.8, 4) is 5.75 Å². The summed E-state index contributed by atoms with van der Waals surface area (Å²) in [6, 6.07) is 12.0. The molecule has 0 saturated carbocycles. The molecule has 0 saturated heterocycles. The molecule has 0 unspecified atom stereocenters. The van der Waals surface area contributed by atoms with Crippen molar-refractivity contribution in [1.29, 1.82) is 0 Å². The van der Waals surface area contributed by atoms with Crippen molar-refractivity contribution in [1.82, 2.24) is 0 Å². The van der Waals surface area contributed by atoms with Crippen LogP contribution in [0.1, 0.15) is 15.2 Å². The maximum absolute atomic E-state index is 13.3. The Kier molecular flexibility index (Phi) is 5.74. The van der Waals surface area contributed by atoms with Crippen LogP contribution in [0.15, 0.2) is 65.0 Å². The van der Waals surface area contributed by atoms with Crippen LogP contribution in [-0.4, -0.2) is 21.3 Å². The minimum absolute atomic E-state index is 0.0364. The van der Waals surface area contributed by atoms with Gasteiger partial charge in [0, 0.05) is 11.9 Å². The molecular formula is C21H16ClFN2O4S2. The standard InChI is InChI=1S/C21H16ClFN2O4S2/c1-29-18-7-6-15(10-16(18)22)24-11-19-20(26)21-17(8-9-30-21)25(31(19,27)28)12-13-2-4-14(23)5-3-13/h2-11,24H,12H2,1H3/b19-11-. The molecular weight excluding hydrogens is 463 g/mol. The lowest BCUT2D eigenvalue weighted by Crippen LogP contribution is -2.38. The van der Waals surface area contributed by atoms with E-state index in [2.05, 4.69) is 5.32 Å². The van der Waals surface area contributed by atoms with Gasteiger partial charge in [-0.05, 0) is 47.3 Å². The highest BCUT2D eigenvalue weighted by Gasteiger charge is 2.41. The third kappa shape index (κ3) is 4.04. The van der Waals surface area contributed by atoms with E-state index in [4.69, 9.17) is 16.3 Å². The molecule has 0 bridgehead atoms. The van der Waals surface area contributed by atoms with Gasteiger partial charge in [-0.1, -0.05) is 23.7 Å². The number of allylic oxidation sites excluding steroid dienone is 1. The van der Waals surface area contributed by atoms with Gasteiger partial charge in [0.2, 0.25) is 5.78 Å². The Hall–Kier alpha value is -2.88. The van der Waals surface area contributed by atoms with Crippen LogP contribution in [0.2, 0.25) is 5.02 Å². The minimum Gasteiger partial charge on any atom is -0.495 e. The molecule has 2 heterocycles. The number of nitrogens with zero attached hydrogens (tertiary/aromatic N) is 1. The van der Waals surface area contributed by atoms with Crippen molar-refractivity contribution in [2.45, 2.75) is 6.54 Å². The highest BCUT2D eigenvalue weighted by atomic mass is 35.5. The molecule has 6 nitrogen and oxygen atoms in total. The fraction of sp³-hybridized carbons (Fsp3) is 0.0952. The molecule has 1 aliphatic heterocycles. The summed E-state index contributed by atoms with van der Waals surface area (Å²) in [5.41, 5.74) is 1.39. The number of nitrogens with one attached hydrogen (secondary N) is 1. The van der Waals surface area contributed by atoms with Crippen LogP contribution in [-0.2, 0) is 16.6 Å². The van der Waals surface area contributed by atoms with E-state index < -0.39 is 26.5 Å². The molecule has 0 aliphatic carbocycles. The Morgan fingerprint density at radius 1 is 1.19 bits per heavy atom. The molecule has 0 atom stereocenters. The van der Waals surface area contributed by atoms with Crippen LogP contribution in [0.5, 0.6) is 5.75 Å². The zero-order valence-corrected chi connectivity index (χ0v) is 18.5. The van der Waals surface area contributed by atoms with Gasteiger partial charge in [-0.15, -0.1) is 11.3 Å². The molecule has 4 rings (SSSR count). The molecule has 1 aromatic heterocycles. The van der Waals surface area contributed by atoms with Crippen molar-refractivity contribution < 1.29 is 22.3 Å². The Morgan fingerprint density at radius 2 is 1.94 bits per heavy atom. The average Bonchev–Trinajstić information content (AvgIpc) is 3.22. The van der Waals surface area contributed by atoms with Crippen molar-refractivity contribution in [2.75, 3.05) is 16.7 Å². The van der Waals surface area contributed by atoms with E-state index in [1.807, 2.05) is 0 Å². The van der Waals surface area contributed by atoms with E-state index in [0.29, 0.717) is 32.6 Å². The fourth-order valence-corrected chi connectivity index (χ4v) is 5.86. The molecule has 160 valence electrons. The fourth-order valence-electron chi connectivity index (χ4n) is 3.12. The topological polar surface area (TPSA) is 75.7 Å². The van der Waals surface area contributed by atoms with E-state index in [1.54, 1.807) is 29.6 Å². The first-order chi connectivity index (χ1) is 14.8. The van der Waals surface area contributed by atoms with Gasteiger partial charge in [-0.3, -0.25) is 9.10 Å². The Balaban J connectivity index is 1.71. The molecule has 2 aromatic carbocycles. The summed E-state index contributed by atoms with van der Waals surface area (Å²) >= 11 is 7.27. The number of anilines is 2. The normalized spacial score (nSPS) is 16.3. The third-order valence-electron chi connectivity index (χ3n) is 4.67. The van der Waals surface area contributed by atoms with Crippen molar-refractivity contribution >= 4 is 50.1 Å². The zero-order chi connectivity index (χ0) is 22.2. The number of rotatable bonds is 5. The van der Waals surface area contributed by atoms with E-state index in [1.165, 1.54) is 31.4 Å². The first kappa shape index (κ1) is 21.4. The molecule has 0 fully saturated rings. The van der Waals surface area contributed by atoms with Crippen LogP contribution in [0.3, 0.4) is 0 Å². The average molecular weight is 479 g/mol. The van der Waals surface area contributed by atoms with Gasteiger partial charge in [0.25, 0.3) is 10.0 Å². The summed E-state index contributed by atoms with van der Waals surface area (Å²) in [4.78, 5) is 12.9. The largest absolute Gasteiger partial charge is 0.495 e. The Morgan fingerprint density at radius 3 is 2.61 bits per heavy atom. The van der Waals surface area contributed by atoms with E-state index >= 15 is 0 Å². The lowest BCUT2D eigenvalue weighted by Gasteiger charge is -2.29. The summed E-state index contributed by atoms with van der Waals surface area (Å²) in [6.45, 7) is -0.0364. The van der Waals surface area contributed by atoms with Gasteiger partial charge < -0.3 is 10.1 Å². The van der Waals surface area contributed by atoms with Gasteiger partial charge in [0.1, 0.15) is 16.4 Å². The highest BCUT2D eigenvalue weighted by Crippen LogP contribution is 2.39. The number of methoxy groups -OCH3 is 1. The molecule has 0 amide bonds. The summed E-state index contributed by atoms with van der Waals surface area (Å²) in [5.74, 6) is -0.540. The number of halogens is 2. The van der Waals surface area contributed by atoms with Crippen molar-refractivity contribution in [3.05, 3.63) is 86.3 Å². The molecule has 1 aliphatic rings. The summed E-state index contributed by atoms with van der Waals surface area (Å²) in [7, 11) is -2.68. The second-order valence-corrected chi connectivity index (χ2v) is 9.76. The van der Waals surface area contributed by atoms with Gasteiger partial charge in [-0.25, -0.2) is 12.8 Å². The predicted molar refractivity (Wildman–Crippen MR) is 120 cm³/mol. The minimum atomic E-state index is -4.16. The van der Waals surface area contributed by atoms with E-state index in [0.717, 1.165) is 21.8 Å². The molecule has 1 N–H and O–H groups in total. The summed E-state index contributed by atoms with van der Waals surface area (Å²) in [5, 5.41) is 4.83. The lowest BCUT2D eigenvalue weighted by atomic mass is 10.2. The lowest BCUT2D eigenvalue weighted by molar-refractivity contribution is 0.104. The Labute approximate surface area is 187 Å². The van der Waals surface area contributed by atoms with Gasteiger partial charge >= 0.3 is 0 Å². The molecule has 31 heavy (non-hydrogen) atoms. The third-order valence-corrected chi connectivity index (χ3v) is 7.64. The number of ether oxygens (including phenoxy) is 1. The number of carbonyl (C=O) groups excluding carboxylic acids is 1. The molecule has 0 radical (unpaired) electrons. The number of fused-ring (bicyclic) bond motifs is 1. The number of hydrogen-bond acceptors (Lipinski definition) is 6. The molecule has 10 heteroatoms. The maximum atomic E-state index is 13.3. The Bertz CT molecular complexity index is 1290. The first-order valence-corrected chi connectivity index (χ1v) is 11.7. The highest BCUT2D eigenvalue weighted by molar-refractivity contribution is 7.97. The smallest absolute Gasteiger partial charge is 0.270 e. The number of hydrogen-bond donors (Lipinski definition) is 1. The number of benzene rings is 2. The predicted octanol–water partition coefficient (Wildman–Crippen LogP) is 5.04. The summed E-state index contributed by atoms with van der Waals surface area (Å²) < 4.78 is 46.2. The van der Waals surface area contributed by atoms with Crippen molar-refractivity contribution in [3.63, 3.8) is 0 Å². The number of ketones is 1. The van der Waals surface area contributed by atoms with Crippen LogP contribution < -0.4 is 14.4 Å². The second-order valence-electron chi connectivity index (χ2n) is 6.60. The quantitative estimate of drug-likeness (QED) is 0.520. The SMILES string of the molecule is COc1ccc(N/C=C2/C(=O)c3sccc3N(Cc3ccc(F)cc3)S2(=O)=O)cc1Cl. The van der Waals surface area contributed by atoms with E-state index in [-0.39, 0.29) is 6.54 Å². The van der Waals surface area contributed by atoms with Gasteiger partial charge in [-0.2, -0.15) is 0 Å². The maximum Gasteiger partial charge on any atom is 0.270 e. The van der Waals surface area contributed by atoms with Crippen molar-refractivity contribution in [2.24, 2.45) is 0 Å². The number of Topliss-reactive ketones (excluding diaryl/α,β-unsaturated/α-hetero) is 1. The van der Waals surface area contributed by atoms with Crippen LogP contribution in [0, 0.1) is 5.82 Å². The first-order valence-electron chi connectivity index (χ1n) is 9.01. The number of carbonyl (C=O) groups is 1. The summed E-state index contributed by atoms with van der Waals surface area (Å²) in [6.07, 6.45) is 1.16. The number of sulfonamides is 1. The van der Waals surface area contributed by atoms with Crippen LogP contribution >= 0.6 is 22.9 Å². The number of thiophene rings is 1. The van der Waals surface area contributed by atoms with Crippen LogP contribution in [0.4, 0.5) is 15.8 Å². The molecule has 3 aromatic rings. The van der Waals surface area contributed by atoms with E-state index in [9.17, 15) is 17.6 Å². The van der Waals surface area contributed by atoms with Gasteiger partial charge in [0.05, 0.1) is 24.4 Å². The second kappa shape index (κ2) is 8.33.